The number of rotatable bonds is 6. The van der Waals surface area contributed by atoms with Crippen LogP contribution in [-0.2, 0) is 0 Å². The molecule has 0 heterocycles. The lowest BCUT2D eigenvalue weighted by atomic mass is 10.1. The number of hydrogen-bond acceptors (Lipinski definition) is 2. The standard InChI is InChI=1S/C13H19FOS/c1-3-4-5-9-16-12-8-6-7-11(14)13(12)10(2)15/h6-8,10,15H,3-5,9H2,1-2H3/t10-/m0/s1. The van der Waals surface area contributed by atoms with Gasteiger partial charge in [-0.2, -0.15) is 0 Å². The van der Waals surface area contributed by atoms with E-state index in [9.17, 15) is 9.50 Å². The summed E-state index contributed by atoms with van der Waals surface area (Å²) in [6.45, 7) is 3.77. The van der Waals surface area contributed by atoms with Gasteiger partial charge in [0.15, 0.2) is 0 Å². The van der Waals surface area contributed by atoms with E-state index in [-0.39, 0.29) is 5.82 Å². The van der Waals surface area contributed by atoms with Gasteiger partial charge < -0.3 is 5.11 Å². The van der Waals surface area contributed by atoms with Gasteiger partial charge in [-0.3, -0.25) is 0 Å². The van der Waals surface area contributed by atoms with Crippen molar-refractivity contribution in [2.75, 3.05) is 5.75 Å². The van der Waals surface area contributed by atoms with Crippen LogP contribution in [0.5, 0.6) is 0 Å². The van der Waals surface area contributed by atoms with Crippen LogP contribution in [-0.4, -0.2) is 10.9 Å². The molecule has 0 amide bonds. The summed E-state index contributed by atoms with van der Waals surface area (Å²) in [7, 11) is 0. The summed E-state index contributed by atoms with van der Waals surface area (Å²) in [6.07, 6.45) is 2.78. The van der Waals surface area contributed by atoms with E-state index in [1.165, 1.54) is 18.9 Å². The van der Waals surface area contributed by atoms with E-state index in [2.05, 4.69) is 6.92 Å². The number of aliphatic hydroxyl groups is 1. The maximum Gasteiger partial charge on any atom is 0.130 e. The molecule has 0 bridgehead atoms. The van der Waals surface area contributed by atoms with Crippen molar-refractivity contribution >= 4 is 11.8 Å². The maximum absolute atomic E-state index is 13.5. The monoisotopic (exact) mass is 242 g/mol. The Labute approximate surface area is 101 Å². The zero-order valence-electron chi connectivity index (χ0n) is 9.87. The first-order valence-corrected chi connectivity index (χ1v) is 6.74. The van der Waals surface area contributed by atoms with E-state index in [1.807, 2.05) is 6.07 Å². The first-order valence-electron chi connectivity index (χ1n) is 5.76. The minimum absolute atomic E-state index is 0.310. The summed E-state index contributed by atoms with van der Waals surface area (Å²) >= 11 is 1.63. The van der Waals surface area contributed by atoms with E-state index in [1.54, 1.807) is 24.8 Å². The van der Waals surface area contributed by atoms with Crippen LogP contribution in [0.4, 0.5) is 4.39 Å². The Kier molecular flexibility index (Phi) is 5.85. The smallest absolute Gasteiger partial charge is 0.130 e. The first kappa shape index (κ1) is 13.5. The summed E-state index contributed by atoms with van der Waals surface area (Å²) in [5, 5.41) is 9.53. The van der Waals surface area contributed by atoms with Crippen LogP contribution in [0.15, 0.2) is 23.1 Å². The molecule has 0 saturated heterocycles. The highest BCUT2D eigenvalue weighted by molar-refractivity contribution is 7.99. The molecule has 1 nitrogen and oxygen atoms in total. The second kappa shape index (κ2) is 6.92. The molecule has 0 spiro atoms. The van der Waals surface area contributed by atoms with Gasteiger partial charge in [-0.15, -0.1) is 11.8 Å². The zero-order chi connectivity index (χ0) is 12.0. The second-order valence-electron chi connectivity index (χ2n) is 3.88. The zero-order valence-corrected chi connectivity index (χ0v) is 10.7. The highest BCUT2D eigenvalue weighted by Gasteiger charge is 2.13. The third kappa shape index (κ3) is 3.80. The Bertz CT molecular complexity index is 326. The molecule has 1 N–H and O–H groups in total. The van der Waals surface area contributed by atoms with Crippen molar-refractivity contribution in [1.29, 1.82) is 0 Å². The third-order valence-electron chi connectivity index (χ3n) is 2.44. The minimum atomic E-state index is -0.741. The van der Waals surface area contributed by atoms with Crippen LogP contribution >= 0.6 is 11.8 Å². The number of thioether (sulfide) groups is 1. The van der Waals surface area contributed by atoms with E-state index in [0.717, 1.165) is 17.1 Å². The minimum Gasteiger partial charge on any atom is -0.389 e. The maximum atomic E-state index is 13.5. The predicted octanol–water partition coefficient (Wildman–Crippen LogP) is 4.16. The topological polar surface area (TPSA) is 20.2 Å². The average Bonchev–Trinajstić information content (AvgIpc) is 2.24. The first-order chi connectivity index (χ1) is 7.66. The van der Waals surface area contributed by atoms with Gasteiger partial charge >= 0.3 is 0 Å². The molecule has 90 valence electrons. The van der Waals surface area contributed by atoms with E-state index >= 15 is 0 Å². The highest BCUT2D eigenvalue weighted by atomic mass is 32.2. The van der Waals surface area contributed by atoms with Gasteiger partial charge in [-0.1, -0.05) is 25.8 Å². The molecule has 3 heteroatoms. The van der Waals surface area contributed by atoms with E-state index < -0.39 is 6.10 Å². The number of unbranched alkanes of at least 4 members (excludes halogenated alkanes) is 2. The Morgan fingerprint density at radius 1 is 1.38 bits per heavy atom. The van der Waals surface area contributed by atoms with Crippen molar-refractivity contribution in [2.45, 2.75) is 44.1 Å². The molecule has 0 unspecified atom stereocenters. The normalized spacial score (nSPS) is 12.8. The predicted molar refractivity (Wildman–Crippen MR) is 67.3 cm³/mol. The summed E-state index contributed by atoms with van der Waals surface area (Å²) in [5.41, 5.74) is 0.434. The summed E-state index contributed by atoms with van der Waals surface area (Å²) in [4.78, 5) is 0.867. The Balaban J connectivity index is 2.67. The average molecular weight is 242 g/mol. The van der Waals surface area contributed by atoms with Crippen LogP contribution in [0, 0.1) is 5.82 Å². The molecule has 1 aromatic carbocycles. The van der Waals surface area contributed by atoms with E-state index in [0.29, 0.717) is 5.56 Å². The van der Waals surface area contributed by atoms with Gasteiger partial charge in [0, 0.05) is 10.5 Å². The Hall–Kier alpha value is -0.540. The van der Waals surface area contributed by atoms with Crippen molar-refractivity contribution in [3.8, 4) is 0 Å². The van der Waals surface area contributed by atoms with Gasteiger partial charge in [0.05, 0.1) is 6.10 Å². The summed E-state index contributed by atoms with van der Waals surface area (Å²) in [6, 6.07) is 4.98. The fourth-order valence-electron chi connectivity index (χ4n) is 1.58. The molecule has 0 aromatic heterocycles. The lowest BCUT2D eigenvalue weighted by molar-refractivity contribution is 0.191. The van der Waals surface area contributed by atoms with E-state index in [4.69, 9.17) is 0 Å². The van der Waals surface area contributed by atoms with Crippen LogP contribution < -0.4 is 0 Å². The van der Waals surface area contributed by atoms with Crippen molar-refractivity contribution in [3.63, 3.8) is 0 Å². The lowest BCUT2D eigenvalue weighted by Crippen LogP contribution is -1.98. The number of halogens is 1. The molecule has 0 radical (unpaired) electrons. The fraction of sp³-hybridized carbons (Fsp3) is 0.538. The van der Waals surface area contributed by atoms with Crippen molar-refractivity contribution in [1.82, 2.24) is 0 Å². The molecule has 1 atom stereocenters. The van der Waals surface area contributed by atoms with Gasteiger partial charge in [-0.05, 0) is 31.2 Å². The molecular formula is C13H19FOS. The van der Waals surface area contributed by atoms with Crippen molar-refractivity contribution in [2.24, 2.45) is 0 Å². The number of aliphatic hydroxyl groups excluding tert-OH is 1. The van der Waals surface area contributed by atoms with Crippen LogP contribution in [0.1, 0.15) is 44.8 Å². The molecule has 0 aliphatic heterocycles. The lowest BCUT2D eigenvalue weighted by Gasteiger charge is -2.12. The molecule has 0 aliphatic rings. The van der Waals surface area contributed by atoms with Crippen molar-refractivity contribution < 1.29 is 9.50 Å². The number of benzene rings is 1. The molecule has 0 aliphatic carbocycles. The summed E-state index contributed by atoms with van der Waals surface area (Å²) < 4.78 is 13.5. The largest absolute Gasteiger partial charge is 0.389 e. The molecule has 16 heavy (non-hydrogen) atoms. The number of hydrogen-bond donors (Lipinski definition) is 1. The van der Waals surface area contributed by atoms with Crippen LogP contribution in [0.3, 0.4) is 0 Å². The SMILES string of the molecule is CCCCCSc1cccc(F)c1[C@H](C)O. The Morgan fingerprint density at radius 2 is 2.12 bits per heavy atom. The fourth-order valence-corrected chi connectivity index (χ4v) is 2.75. The molecule has 0 saturated carbocycles. The van der Waals surface area contributed by atoms with Gasteiger partial charge in [0.1, 0.15) is 5.82 Å². The second-order valence-corrected chi connectivity index (χ2v) is 5.02. The van der Waals surface area contributed by atoms with Gasteiger partial charge in [0.25, 0.3) is 0 Å². The molecule has 1 rings (SSSR count). The quantitative estimate of drug-likeness (QED) is 0.597. The van der Waals surface area contributed by atoms with Gasteiger partial charge in [0.2, 0.25) is 0 Å². The van der Waals surface area contributed by atoms with Crippen LogP contribution in [0.25, 0.3) is 0 Å². The van der Waals surface area contributed by atoms with Gasteiger partial charge in [-0.25, -0.2) is 4.39 Å². The molecule has 0 fully saturated rings. The Morgan fingerprint density at radius 3 is 2.75 bits per heavy atom. The molecular weight excluding hydrogens is 223 g/mol. The highest BCUT2D eigenvalue weighted by Crippen LogP contribution is 2.30. The molecule has 1 aromatic rings. The summed E-state index contributed by atoms with van der Waals surface area (Å²) in [5.74, 6) is 0.673. The van der Waals surface area contributed by atoms with Crippen molar-refractivity contribution in [3.05, 3.63) is 29.6 Å². The van der Waals surface area contributed by atoms with Crippen LogP contribution in [0.2, 0.25) is 0 Å². The third-order valence-corrected chi connectivity index (χ3v) is 3.60.